The van der Waals surface area contributed by atoms with Gasteiger partial charge in [0.25, 0.3) is 0 Å². The second kappa shape index (κ2) is 8.65. The van der Waals surface area contributed by atoms with E-state index in [2.05, 4.69) is 14.9 Å². The van der Waals surface area contributed by atoms with Gasteiger partial charge in [-0.05, 0) is 30.0 Å². The summed E-state index contributed by atoms with van der Waals surface area (Å²) in [5.74, 6) is 1.56. The average molecular weight is 489 g/mol. The van der Waals surface area contributed by atoms with Crippen molar-refractivity contribution in [1.29, 1.82) is 0 Å². The molecule has 2 N–H and O–H groups in total. The summed E-state index contributed by atoms with van der Waals surface area (Å²) in [5, 5.41) is 1.34. The zero-order valence-electron chi connectivity index (χ0n) is 17.5. The predicted molar refractivity (Wildman–Crippen MR) is 129 cm³/mol. The summed E-state index contributed by atoms with van der Waals surface area (Å²) < 4.78 is 19.7. The van der Waals surface area contributed by atoms with Crippen molar-refractivity contribution in [2.24, 2.45) is 0 Å². The van der Waals surface area contributed by atoms with Crippen molar-refractivity contribution in [3.8, 4) is 5.75 Å². The molecule has 166 valence electrons. The Labute approximate surface area is 199 Å². The highest BCUT2D eigenvalue weighted by atomic mass is 35.5. The molecule has 2 aliphatic heterocycles. The fourth-order valence-electron chi connectivity index (χ4n) is 4.25. The lowest BCUT2D eigenvalue weighted by Gasteiger charge is -2.39. The molecular formula is C23H22ClFN4OS2. The van der Waals surface area contributed by atoms with Crippen LogP contribution in [0.5, 0.6) is 5.75 Å². The lowest BCUT2D eigenvalue weighted by molar-refractivity contribution is 0.0664. The van der Waals surface area contributed by atoms with Gasteiger partial charge in [-0.15, -0.1) is 11.8 Å². The van der Waals surface area contributed by atoms with Crippen LogP contribution in [-0.2, 0) is 6.42 Å². The third-order valence-corrected chi connectivity index (χ3v) is 8.45. The van der Waals surface area contributed by atoms with Crippen LogP contribution in [0.3, 0.4) is 0 Å². The van der Waals surface area contributed by atoms with E-state index in [-0.39, 0.29) is 11.4 Å². The van der Waals surface area contributed by atoms with Crippen molar-refractivity contribution in [1.82, 2.24) is 9.97 Å². The van der Waals surface area contributed by atoms with Crippen molar-refractivity contribution in [3.63, 3.8) is 0 Å². The van der Waals surface area contributed by atoms with Crippen LogP contribution in [-0.4, -0.2) is 34.9 Å². The summed E-state index contributed by atoms with van der Waals surface area (Å²) in [7, 11) is 0. The summed E-state index contributed by atoms with van der Waals surface area (Å²) in [6, 6.07) is 10.7. The molecule has 0 amide bonds. The predicted octanol–water partition coefficient (Wildman–Crippen LogP) is 5.70. The number of hydrogen-bond acceptors (Lipinski definition) is 7. The zero-order chi connectivity index (χ0) is 22.3. The highest BCUT2D eigenvalue weighted by Crippen LogP contribution is 2.42. The van der Waals surface area contributed by atoms with Crippen LogP contribution >= 0.6 is 35.1 Å². The number of aromatic nitrogens is 2. The van der Waals surface area contributed by atoms with Gasteiger partial charge >= 0.3 is 0 Å². The number of rotatable bonds is 4. The van der Waals surface area contributed by atoms with Crippen molar-refractivity contribution >= 4 is 46.8 Å². The molecule has 0 radical (unpaired) electrons. The summed E-state index contributed by atoms with van der Waals surface area (Å²) >= 11 is 9.52. The molecule has 32 heavy (non-hydrogen) atoms. The number of nitrogens with zero attached hydrogens (tertiary/aromatic N) is 3. The maximum Gasteiger partial charge on any atom is 0.158 e. The Morgan fingerprint density at radius 2 is 1.97 bits per heavy atom. The van der Waals surface area contributed by atoms with E-state index in [1.54, 1.807) is 18.0 Å². The first-order chi connectivity index (χ1) is 15.5. The highest BCUT2D eigenvalue weighted by molar-refractivity contribution is 8.00. The van der Waals surface area contributed by atoms with Gasteiger partial charge in [0, 0.05) is 48.2 Å². The summed E-state index contributed by atoms with van der Waals surface area (Å²) in [4.78, 5) is 13.3. The number of nitrogens with two attached hydrogens (primary N) is 1. The molecule has 2 aliphatic rings. The fourth-order valence-corrected chi connectivity index (χ4v) is 6.10. The van der Waals surface area contributed by atoms with Crippen LogP contribution < -0.4 is 15.4 Å². The smallest absolute Gasteiger partial charge is 0.158 e. The van der Waals surface area contributed by atoms with E-state index < -0.39 is 0 Å². The standard InChI is InChI=1S/C23H22ClFN4OS2/c1-31-17-3-2-4-18(20(17)24)32-22-21(26)28-19(13-27-22)29-9-7-23(8-10-29)12-14-5-6-15(25)11-16(14)30-23/h2-6,11,13H,7-10,12H2,1H3,(H2,26,28). The van der Waals surface area contributed by atoms with Gasteiger partial charge in [0.2, 0.25) is 0 Å². The number of fused-ring (bicyclic) bond motifs is 1. The average Bonchev–Trinajstić information content (AvgIpc) is 3.13. The van der Waals surface area contributed by atoms with Crippen LogP contribution in [0.2, 0.25) is 5.02 Å². The van der Waals surface area contributed by atoms with Gasteiger partial charge in [-0.3, -0.25) is 0 Å². The Morgan fingerprint density at radius 1 is 1.19 bits per heavy atom. The number of hydrogen-bond donors (Lipinski definition) is 1. The number of halogens is 2. The van der Waals surface area contributed by atoms with Gasteiger partial charge in [-0.2, -0.15) is 0 Å². The van der Waals surface area contributed by atoms with E-state index in [0.717, 1.165) is 53.5 Å². The summed E-state index contributed by atoms with van der Waals surface area (Å²) in [6.45, 7) is 1.55. The molecule has 9 heteroatoms. The monoisotopic (exact) mass is 488 g/mol. The molecule has 1 saturated heterocycles. The van der Waals surface area contributed by atoms with Gasteiger partial charge in [-0.25, -0.2) is 14.4 Å². The molecule has 1 spiro atoms. The lowest BCUT2D eigenvalue weighted by atomic mass is 9.87. The Bertz CT molecular complexity index is 1170. The normalized spacial score (nSPS) is 16.8. The third-order valence-electron chi connectivity index (χ3n) is 5.97. The minimum absolute atomic E-state index is 0.261. The van der Waals surface area contributed by atoms with E-state index in [1.807, 2.05) is 30.5 Å². The van der Waals surface area contributed by atoms with Crippen molar-refractivity contribution in [3.05, 3.63) is 59.0 Å². The molecule has 1 aromatic heterocycles. The SMILES string of the molecule is CSc1cccc(Sc2ncc(N3CCC4(CC3)Cc3ccc(F)cc3O4)nc2N)c1Cl. The van der Waals surface area contributed by atoms with E-state index in [0.29, 0.717) is 21.6 Å². The highest BCUT2D eigenvalue weighted by Gasteiger charge is 2.42. The number of ether oxygens (including phenoxy) is 1. The fraction of sp³-hybridized carbons (Fsp3) is 0.304. The maximum atomic E-state index is 13.5. The van der Waals surface area contributed by atoms with Gasteiger partial charge in [0.05, 0.1) is 11.2 Å². The molecule has 3 aromatic rings. The van der Waals surface area contributed by atoms with Crippen LogP contribution in [0, 0.1) is 5.82 Å². The molecule has 0 saturated carbocycles. The number of benzene rings is 2. The van der Waals surface area contributed by atoms with Crippen LogP contribution in [0.25, 0.3) is 0 Å². The first-order valence-corrected chi connectivity index (χ1v) is 12.7. The van der Waals surface area contributed by atoms with E-state index in [1.165, 1.54) is 23.9 Å². The topological polar surface area (TPSA) is 64.3 Å². The number of anilines is 2. The molecular weight excluding hydrogens is 467 g/mol. The first-order valence-electron chi connectivity index (χ1n) is 10.3. The molecule has 0 bridgehead atoms. The number of thioether (sulfide) groups is 1. The Morgan fingerprint density at radius 3 is 2.72 bits per heavy atom. The minimum atomic E-state index is -0.263. The molecule has 0 atom stereocenters. The first kappa shape index (κ1) is 21.7. The number of piperidine rings is 1. The summed E-state index contributed by atoms with van der Waals surface area (Å²) in [6.07, 6.45) is 6.24. The van der Waals surface area contributed by atoms with Crippen LogP contribution in [0.15, 0.2) is 57.4 Å². The van der Waals surface area contributed by atoms with E-state index in [9.17, 15) is 4.39 Å². The second-order valence-electron chi connectivity index (χ2n) is 7.99. The van der Waals surface area contributed by atoms with E-state index in [4.69, 9.17) is 22.1 Å². The van der Waals surface area contributed by atoms with Gasteiger partial charge in [0.1, 0.15) is 28.0 Å². The lowest BCUT2D eigenvalue weighted by Crippen LogP contribution is -2.47. The minimum Gasteiger partial charge on any atom is -0.486 e. The van der Waals surface area contributed by atoms with Crippen LogP contribution in [0.4, 0.5) is 16.0 Å². The quantitative estimate of drug-likeness (QED) is 0.472. The second-order valence-corrected chi connectivity index (χ2v) is 10.3. The maximum absolute atomic E-state index is 13.5. The molecule has 3 heterocycles. The van der Waals surface area contributed by atoms with Gasteiger partial charge in [-0.1, -0.05) is 35.5 Å². The Hall–Kier alpha value is -2.16. The number of nitrogen functional groups attached to an aromatic ring is 1. The Balaban J connectivity index is 1.27. The summed E-state index contributed by atoms with van der Waals surface area (Å²) in [5.41, 5.74) is 7.07. The molecule has 5 nitrogen and oxygen atoms in total. The molecule has 2 aromatic carbocycles. The molecule has 0 aliphatic carbocycles. The van der Waals surface area contributed by atoms with Crippen molar-refractivity contribution < 1.29 is 9.13 Å². The third kappa shape index (κ3) is 4.11. The van der Waals surface area contributed by atoms with Crippen LogP contribution in [0.1, 0.15) is 18.4 Å². The molecule has 5 rings (SSSR count). The Kier molecular flexibility index (Phi) is 5.86. The molecule has 1 fully saturated rings. The largest absolute Gasteiger partial charge is 0.486 e. The van der Waals surface area contributed by atoms with Gasteiger partial charge < -0.3 is 15.4 Å². The van der Waals surface area contributed by atoms with Gasteiger partial charge in [0.15, 0.2) is 5.82 Å². The zero-order valence-corrected chi connectivity index (χ0v) is 19.9. The van der Waals surface area contributed by atoms with E-state index >= 15 is 0 Å². The van der Waals surface area contributed by atoms with Crippen molar-refractivity contribution in [2.45, 2.75) is 39.7 Å². The molecule has 0 unspecified atom stereocenters. The van der Waals surface area contributed by atoms with Crippen molar-refractivity contribution in [2.75, 3.05) is 30.0 Å².